The van der Waals surface area contributed by atoms with E-state index in [0.717, 1.165) is 11.5 Å². The lowest BCUT2D eigenvalue weighted by molar-refractivity contribution is -0.117. The Hall–Kier alpha value is -3.22. The van der Waals surface area contributed by atoms with Crippen molar-refractivity contribution in [3.8, 4) is 11.5 Å². The van der Waals surface area contributed by atoms with E-state index in [1.54, 1.807) is 13.8 Å². The van der Waals surface area contributed by atoms with Crippen LogP contribution in [-0.4, -0.2) is 51.2 Å². The first kappa shape index (κ1) is 30.0. The third-order valence-electron chi connectivity index (χ3n) is 6.04. The zero-order valence-corrected chi connectivity index (χ0v) is 22.6. The van der Waals surface area contributed by atoms with Gasteiger partial charge in [0.2, 0.25) is 0 Å². The summed E-state index contributed by atoms with van der Waals surface area (Å²) in [6, 6.07) is 16.1. The molecule has 6 nitrogen and oxygen atoms in total. The highest BCUT2D eigenvalue weighted by Gasteiger charge is 2.23. The molecule has 2 aromatic rings. The maximum atomic E-state index is 11.5. The maximum absolute atomic E-state index is 11.5. The van der Waals surface area contributed by atoms with Crippen molar-refractivity contribution < 1.29 is 28.5 Å². The van der Waals surface area contributed by atoms with Crippen molar-refractivity contribution in [3.05, 3.63) is 84.0 Å². The van der Waals surface area contributed by atoms with Gasteiger partial charge in [0, 0.05) is 18.3 Å². The van der Waals surface area contributed by atoms with Crippen molar-refractivity contribution in [2.75, 3.05) is 39.6 Å². The van der Waals surface area contributed by atoms with Crippen molar-refractivity contribution in [2.45, 2.75) is 46.0 Å². The first-order valence-corrected chi connectivity index (χ1v) is 12.6. The van der Waals surface area contributed by atoms with Crippen LogP contribution in [0.4, 0.5) is 0 Å². The number of ether oxygens (including phenoxy) is 4. The summed E-state index contributed by atoms with van der Waals surface area (Å²) in [5.41, 5.74) is 3.24. The van der Waals surface area contributed by atoms with Crippen LogP contribution in [0.5, 0.6) is 11.5 Å². The summed E-state index contributed by atoms with van der Waals surface area (Å²) in [6.07, 6.45) is 0.694. The van der Waals surface area contributed by atoms with E-state index in [9.17, 15) is 9.59 Å². The molecule has 0 radical (unpaired) electrons. The smallest absolute Gasteiger partial charge is 0.160 e. The quantitative estimate of drug-likeness (QED) is 0.185. The van der Waals surface area contributed by atoms with Gasteiger partial charge in [0.1, 0.15) is 24.7 Å². The van der Waals surface area contributed by atoms with Crippen LogP contribution < -0.4 is 9.47 Å². The Morgan fingerprint density at radius 1 is 0.622 bits per heavy atom. The molecule has 200 valence electrons. The van der Waals surface area contributed by atoms with E-state index in [4.69, 9.17) is 18.9 Å². The average Bonchev–Trinajstić information content (AvgIpc) is 2.88. The summed E-state index contributed by atoms with van der Waals surface area (Å²) in [5.74, 6) is 1.60. The lowest BCUT2D eigenvalue weighted by Crippen LogP contribution is -2.19. The second-order valence-corrected chi connectivity index (χ2v) is 9.50. The summed E-state index contributed by atoms with van der Waals surface area (Å²) in [4.78, 5) is 23.0. The molecule has 0 amide bonds. The van der Waals surface area contributed by atoms with E-state index in [2.05, 4.69) is 51.3 Å². The Bertz CT molecular complexity index is 951. The summed E-state index contributed by atoms with van der Waals surface area (Å²) < 4.78 is 22.4. The minimum absolute atomic E-state index is 0.0242. The topological polar surface area (TPSA) is 71.1 Å². The first-order chi connectivity index (χ1) is 17.6. The van der Waals surface area contributed by atoms with Gasteiger partial charge in [-0.2, -0.15) is 0 Å². The summed E-state index contributed by atoms with van der Waals surface area (Å²) in [6.45, 7) is 17.5. The van der Waals surface area contributed by atoms with Gasteiger partial charge in [0.15, 0.2) is 11.6 Å². The minimum atomic E-state index is -0.199. The number of Topliss-reactive ketones (excluding diaryl/α,β-unsaturated/α-hetero) is 2. The zero-order valence-electron chi connectivity index (χ0n) is 22.6. The van der Waals surface area contributed by atoms with E-state index in [1.807, 2.05) is 24.3 Å². The molecular weight excluding hydrogens is 468 g/mol. The van der Waals surface area contributed by atoms with Crippen LogP contribution in [0, 0.1) is 0 Å². The van der Waals surface area contributed by atoms with Crippen LogP contribution in [0.25, 0.3) is 0 Å². The molecule has 2 rings (SSSR count). The van der Waals surface area contributed by atoms with Crippen LogP contribution >= 0.6 is 0 Å². The van der Waals surface area contributed by atoms with E-state index in [0.29, 0.717) is 63.6 Å². The molecular formula is C31H40O6. The number of benzene rings is 2. The van der Waals surface area contributed by atoms with Crippen LogP contribution in [0.3, 0.4) is 0 Å². The normalized spacial score (nSPS) is 11.1. The molecule has 0 aliphatic heterocycles. The van der Waals surface area contributed by atoms with E-state index in [-0.39, 0.29) is 17.0 Å². The van der Waals surface area contributed by atoms with E-state index in [1.165, 1.54) is 11.1 Å². The highest BCUT2D eigenvalue weighted by Crippen LogP contribution is 2.33. The summed E-state index contributed by atoms with van der Waals surface area (Å²) in [5, 5.41) is 0. The van der Waals surface area contributed by atoms with Crippen LogP contribution in [0.2, 0.25) is 0 Å². The molecule has 0 atom stereocenters. The fourth-order valence-electron chi connectivity index (χ4n) is 3.50. The van der Waals surface area contributed by atoms with Gasteiger partial charge >= 0.3 is 0 Å². The number of carbonyl (C=O) groups excluding carboxylic acids is 2. The van der Waals surface area contributed by atoms with Gasteiger partial charge in [-0.1, -0.05) is 51.3 Å². The molecule has 0 unspecified atom stereocenters. The number of rotatable bonds is 18. The molecule has 0 saturated carbocycles. The van der Waals surface area contributed by atoms with Crippen LogP contribution in [0.1, 0.15) is 51.7 Å². The van der Waals surface area contributed by atoms with Crippen molar-refractivity contribution in [1.29, 1.82) is 0 Å². The van der Waals surface area contributed by atoms with Gasteiger partial charge in [-0.3, -0.25) is 9.59 Å². The van der Waals surface area contributed by atoms with Gasteiger partial charge in [0.25, 0.3) is 0 Å². The van der Waals surface area contributed by atoms with Crippen molar-refractivity contribution in [1.82, 2.24) is 0 Å². The highest BCUT2D eigenvalue weighted by atomic mass is 16.5. The van der Waals surface area contributed by atoms with E-state index >= 15 is 0 Å². The average molecular weight is 509 g/mol. The molecule has 0 bridgehead atoms. The number of hydrogen-bond donors (Lipinski definition) is 0. The Morgan fingerprint density at radius 2 is 0.973 bits per heavy atom. The van der Waals surface area contributed by atoms with Crippen LogP contribution in [0.15, 0.2) is 72.8 Å². The van der Waals surface area contributed by atoms with Crippen molar-refractivity contribution >= 4 is 11.6 Å². The van der Waals surface area contributed by atoms with E-state index < -0.39 is 0 Å². The predicted molar refractivity (Wildman–Crippen MR) is 147 cm³/mol. The Kier molecular flexibility index (Phi) is 12.3. The molecule has 0 saturated heterocycles. The second kappa shape index (κ2) is 15.1. The SMILES string of the molecule is C=C(C)C(=O)CCOCCOc1ccc(C(C)(C)c2ccc(OCCOCCC(=O)C(=C)C)cc2)cc1. The number of ketones is 2. The minimum Gasteiger partial charge on any atom is -0.491 e. The Morgan fingerprint density at radius 3 is 1.30 bits per heavy atom. The maximum Gasteiger partial charge on any atom is 0.160 e. The van der Waals surface area contributed by atoms with Gasteiger partial charge in [0.05, 0.1) is 26.4 Å². The largest absolute Gasteiger partial charge is 0.491 e. The third-order valence-corrected chi connectivity index (χ3v) is 6.04. The fourth-order valence-corrected chi connectivity index (χ4v) is 3.50. The predicted octanol–water partition coefficient (Wildman–Crippen LogP) is 5.87. The molecule has 0 fully saturated rings. The molecule has 37 heavy (non-hydrogen) atoms. The van der Waals surface area contributed by atoms with Gasteiger partial charge in [-0.25, -0.2) is 0 Å². The molecule has 6 heteroatoms. The van der Waals surface area contributed by atoms with Gasteiger partial charge < -0.3 is 18.9 Å². The molecule has 0 heterocycles. The highest BCUT2D eigenvalue weighted by molar-refractivity contribution is 5.94. The number of hydrogen-bond acceptors (Lipinski definition) is 6. The molecule has 0 aliphatic carbocycles. The first-order valence-electron chi connectivity index (χ1n) is 12.6. The second-order valence-electron chi connectivity index (χ2n) is 9.50. The molecule has 0 aliphatic rings. The Labute approximate surface area is 221 Å². The van der Waals surface area contributed by atoms with Crippen LogP contribution in [-0.2, 0) is 24.5 Å². The Balaban J connectivity index is 1.75. The molecule has 2 aromatic carbocycles. The standard InChI is InChI=1S/C31H40O6/c1-23(2)29(32)15-17-34-19-21-36-27-11-7-25(8-12-27)31(5,6)26-9-13-28(14-10-26)37-22-20-35-18-16-30(33)24(3)4/h7-14H,1,3,15-22H2,2,4-6H3. The number of carbonyl (C=O) groups is 2. The monoisotopic (exact) mass is 508 g/mol. The summed E-state index contributed by atoms with van der Waals surface area (Å²) >= 11 is 0. The summed E-state index contributed by atoms with van der Waals surface area (Å²) in [7, 11) is 0. The molecule has 0 spiro atoms. The third kappa shape index (κ3) is 10.3. The number of allylic oxidation sites excluding steroid dienone is 2. The van der Waals surface area contributed by atoms with Gasteiger partial charge in [-0.15, -0.1) is 0 Å². The lowest BCUT2D eigenvalue weighted by Gasteiger charge is -2.26. The van der Waals surface area contributed by atoms with Crippen molar-refractivity contribution in [2.24, 2.45) is 0 Å². The molecule has 0 N–H and O–H groups in total. The lowest BCUT2D eigenvalue weighted by atomic mass is 9.78. The fraction of sp³-hybridized carbons (Fsp3) is 0.419. The van der Waals surface area contributed by atoms with Gasteiger partial charge in [-0.05, 0) is 60.4 Å². The van der Waals surface area contributed by atoms with Crippen molar-refractivity contribution in [3.63, 3.8) is 0 Å². The molecule has 0 aromatic heterocycles. The zero-order chi connectivity index (χ0) is 27.3.